The van der Waals surface area contributed by atoms with Crippen LogP contribution in [0.1, 0.15) is 28.2 Å². The van der Waals surface area contributed by atoms with Crippen molar-refractivity contribution in [1.29, 1.82) is 0 Å². The van der Waals surface area contributed by atoms with E-state index in [0.717, 1.165) is 57.5 Å². The second kappa shape index (κ2) is 9.87. The highest BCUT2D eigenvalue weighted by Crippen LogP contribution is 2.19. The van der Waals surface area contributed by atoms with Crippen molar-refractivity contribution in [3.8, 4) is 0 Å². The Hall–Kier alpha value is -2.70. The Bertz CT molecular complexity index is 962. The first kappa shape index (κ1) is 20.6. The van der Waals surface area contributed by atoms with E-state index in [1.807, 2.05) is 30.3 Å². The number of carbonyl (C=O) groups excluding carboxylic acids is 1. The third-order valence-corrected chi connectivity index (χ3v) is 5.70. The fraction of sp³-hybridized carbons (Fsp3) is 0.417. The Balaban J connectivity index is 1.26. The number of nitrogens with zero attached hydrogens (tertiary/aromatic N) is 3. The average Bonchev–Trinajstić information content (AvgIpc) is 3.19. The Kier molecular flexibility index (Phi) is 6.77. The zero-order valence-electron chi connectivity index (χ0n) is 17.6. The summed E-state index contributed by atoms with van der Waals surface area (Å²) >= 11 is 0. The predicted octanol–water partition coefficient (Wildman–Crippen LogP) is 2.98. The number of oxazole rings is 1. The zero-order valence-corrected chi connectivity index (χ0v) is 17.6. The van der Waals surface area contributed by atoms with Gasteiger partial charge >= 0.3 is 0 Å². The quantitative estimate of drug-likeness (QED) is 0.583. The number of nitrogens with one attached hydrogen (secondary N) is 1. The number of hydrogen-bond acceptors (Lipinski definition) is 5. The molecule has 0 atom stereocenters. The maximum atomic E-state index is 12.5. The first-order valence-electron chi connectivity index (χ1n) is 10.8. The molecule has 2 heterocycles. The summed E-state index contributed by atoms with van der Waals surface area (Å²) in [5.74, 6) is 0.649. The van der Waals surface area contributed by atoms with Gasteiger partial charge in [0, 0.05) is 44.7 Å². The van der Waals surface area contributed by atoms with E-state index in [-0.39, 0.29) is 5.91 Å². The van der Waals surface area contributed by atoms with E-state index in [0.29, 0.717) is 23.6 Å². The standard InChI is InChI=1S/C24H30N4O2/c1-27-14-16-28(17-15-27)13-5-12-25-24(29)20-9-10-21-22(18-20)30-23(26-21)11-8-19-6-3-2-4-7-19/h2-4,6-7,9-10,18H,5,8,11-17H2,1H3,(H,25,29). The van der Waals surface area contributed by atoms with Crippen molar-refractivity contribution in [2.24, 2.45) is 0 Å². The van der Waals surface area contributed by atoms with E-state index < -0.39 is 0 Å². The fourth-order valence-corrected chi connectivity index (χ4v) is 3.79. The first-order valence-corrected chi connectivity index (χ1v) is 10.8. The second-order valence-corrected chi connectivity index (χ2v) is 8.03. The van der Waals surface area contributed by atoms with Gasteiger partial charge in [0.1, 0.15) is 5.52 Å². The lowest BCUT2D eigenvalue weighted by molar-refractivity contribution is 0.0949. The number of likely N-dealkylation sites (N-methyl/N-ethyl adjacent to an activating group) is 1. The van der Waals surface area contributed by atoms with Gasteiger partial charge in [-0.1, -0.05) is 30.3 Å². The summed E-state index contributed by atoms with van der Waals surface area (Å²) < 4.78 is 5.89. The van der Waals surface area contributed by atoms with Crippen molar-refractivity contribution in [3.63, 3.8) is 0 Å². The van der Waals surface area contributed by atoms with Crippen LogP contribution in [0.15, 0.2) is 52.9 Å². The maximum Gasteiger partial charge on any atom is 0.251 e. The molecule has 1 aliphatic heterocycles. The number of hydrogen-bond donors (Lipinski definition) is 1. The highest BCUT2D eigenvalue weighted by atomic mass is 16.3. The van der Waals surface area contributed by atoms with Crippen LogP contribution in [0.5, 0.6) is 0 Å². The molecule has 0 unspecified atom stereocenters. The predicted molar refractivity (Wildman–Crippen MR) is 119 cm³/mol. The van der Waals surface area contributed by atoms with E-state index in [1.165, 1.54) is 5.56 Å². The van der Waals surface area contributed by atoms with Gasteiger partial charge in [-0.15, -0.1) is 0 Å². The number of benzene rings is 2. The molecule has 6 nitrogen and oxygen atoms in total. The van der Waals surface area contributed by atoms with Gasteiger partial charge in [0.15, 0.2) is 11.5 Å². The van der Waals surface area contributed by atoms with E-state index in [1.54, 1.807) is 6.07 Å². The van der Waals surface area contributed by atoms with Crippen LogP contribution >= 0.6 is 0 Å². The van der Waals surface area contributed by atoms with Crippen LogP contribution in [0.4, 0.5) is 0 Å². The number of carbonyl (C=O) groups is 1. The summed E-state index contributed by atoms with van der Waals surface area (Å²) in [5.41, 5.74) is 3.34. The molecule has 158 valence electrons. The number of amides is 1. The minimum atomic E-state index is -0.0579. The summed E-state index contributed by atoms with van der Waals surface area (Å²) in [6.45, 7) is 6.17. The van der Waals surface area contributed by atoms with Gasteiger partial charge in [0.2, 0.25) is 0 Å². The molecule has 0 spiro atoms. The molecule has 2 aromatic carbocycles. The summed E-state index contributed by atoms with van der Waals surface area (Å²) in [6.07, 6.45) is 2.59. The Morgan fingerprint density at radius 3 is 2.67 bits per heavy atom. The largest absolute Gasteiger partial charge is 0.441 e. The van der Waals surface area contributed by atoms with Crippen LogP contribution < -0.4 is 5.32 Å². The molecule has 0 saturated carbocycles. The van der Waals surface area contributed by atoms with Gasteiger partial charge in [-0.3, -0.25) is 4.79 Å². The van der Waals surface area contributed by atoms with Crippen molar-refractivity contribution in [2.75, 3.05) is 46.3 Å². The summed E-state index contributed by atoms with van der Waals surface area (Å²) in [4.78, 5) is 21.9. The average molecular weight is 407 g/mol. The Morgan fingerprint density at radius 2 is 1.87 bits per heavy atom. The topological polar surface area (TPSA) is 61.6 Å². The van der Waals surface area contributed by atoms with Crippen molar-refractivity contribution in [2.45, 2.75) is 19.3 Å². The molecule has 1 amide bonds. The Labute approximate surface area is 177 Å². The molecule has 1 aromatic heterocycles. The molecule has 0 aliphatic carbocycles. The molecule has 0 bridgehead atoms. The SMILES string of the molecule is CN1CCN(CCCNC(=O)c2ccc3nc(CCc4ccccc4)oc3c2)CC1. The van der Waals surface area contributed by atoms with Gasteiger partial charge in [-0.05, 0) is 50.2 Å². The van der Waals surface area contributed by atoms with Crippen LogP contribution in [-0.2, 0) is 12.8 Å². The van der Waals surface area contributed by atoms with Crippen molar-refractivity contribution in [1.82, 2.24) is 20.1 Å². The number of rotatable bonds is 8. The number of piperazine rings is 1. The highest BCUT2D eigenvalue weighted by Gasteiger charge is 2.14. The maximum absolute atomic E-state index is 12.5. The van der Waals surface area contributed by atoms with Crippen LogP contribution in [0.25, 0.3) is 11.1 Å². The molecule has 6 heteroatoms. The second-order valence-electron chi connectivity index (χ2n) is 8.03. The van der Waals surface area contributed by atoms with Gasteiger partial charge in [0.05, 0.1) is 0 Å². The molecule has 4 rings (SSSR count). The van der Waals surface area contributed by atoms with Gasteiger partial charge in [-0.25, -0.2) is 4.98 Å². The molecule has 1 fully saturated rings. The molecular formula is C24H30N4O2. The fourth-order valence-electron chi connectivity index (χ4n) is 3.79. The summed E-state index contributed by atoms with van der Waals surface area (Å²) in [5, 5.41) is 3.03. The molecular weight excluding hydrogens is 376 g/mol. The smallest absolute Gasteiger partial charge is 0.251 e. The lowest BCUT2D eigenvalue weighted by atomic mass is 10.1. The van der Waals surface area contributed by atoms with Crippen molar-refractivity contribution < 1.29 is 9.21 Å². The third kappa shape index (κ3) is 5.46. The lowest BCUT2D eigenvalue weighted by Gasteiger charge is -2.32. The van der Waals surface area contributed by atoms with Crippen molar-refractivity contribution >= 4 is 17.0 Å². The van der Waals surface area contributed by atoms with Crippen LogP contribution in [0.3, 0.4) is 0 Å². The van der Waals surface area contributed by atoms with Crippen LogP contribution in [0, 0.1) is 0 Å². The molecule has 3 aromatic rings. The molecule has 1 saturated heterocycles. The number of aromatic nitrogens is 1. The molecule has 0 radical (unpaired) electrons. The van der Waals surface area contributed by atoms with E-state index in [2.05, 4.69) is 39.3 Å². The monoisotopic (exact) mass is 406 g/mol. The molecule has 1 aliphatic rings. The van der Waals surface area contributed by atoms with Crippen LogP contribution in [0.2, 0.25) is 0 Å². The first-order chi connectivity index (χ1) is 14.7. The highest BCUT2D eigenvalue weighted by molar-refractivity contribution is 5.96. The molecule has 1 N–H and O–H groups in total. The van der Waals surface area contributed by atoms with Gasteiger partial charge in [-0.2, -0.15) is 0 Å². The van der Waals surface area contributed by atoms with E-state index >= 15 is 0 Å². The minimum Gasteiger partial charge on any atom is -0.441 e. The van der Waals surface area contributed by atoms with Gasteiger partial charge < -0.3 is 19.5 Å². The summed E-state index contributed by atoms with van der Waals surface area (Å²) in [7, 11) is 2.16. The molecule has 30 heavy (non-hydrogen) atoms. The third-order valence-electron chi connectivity index (χ3n) is 5.70. The van der Waals surface area contributed by atoms with Gasteiger partial charge in [0.25, 0.3) is 5.91 Å². The number of aryl methyl sites for hydroxylation is 2. The van der Waals surface area contributed by atoms with E-state index in [4.69, 9.17) is 4.42 Å². The number of fused-ring (bicyclic) bond motifs is 1. The summed E-state index contributed by atoms with van der Waals surface area (Å²) in [6, 6.07) is 15.8. The van der Waals surface area contributed by atoms with Crippen LogP contribution in [-0.4, -0.2) is 67.0 Å². The van der Waals surface area contributed by atoms with E-state index in [9.17, 15) is 4.79 Å². The lowest BCUT2D eigenvalue weighted by Crippen LogP contribution is -2.45. The normalized spacial score (nSPS) is 15.5. The Morgan fingerprint density at radius 1 is 1.07 bits per heavy atom. The van der Waals surface area contributed by atoms with Crippen molar-refractivity contribution in [3.05, 3.63) is 65.5 Å². The zero-order chi connectivity index (χ0) is 20.8. The minimum absolute atomic E-state index is 0.0579.